The van der Waals surface area contributed by atoms with Crippen molar-refractivity contribution < 1.29 is 18.3 Å². The van der Waals surface area contributed by atoms with Gasteiger partial charge in [0, 0.05) is 19.3 Å². The zero-order valence-corrected chi connectivity index (χ0v) is 11.9. The normalized spacial score (nSPS) is 13.4. The van der Waals surface area contributed by atoms with Crippen LogP contribution in [0.3, 0.4) is 0 Å². The molecule has 108 valence electrons. The summed E-state index contributed by atoms with van der Waals surface area (Å²) >= 11 is 0. The number of rotatable bonds is 7. The van der Waals surface area contributed by atoms with Crippen molar-refractivity contribution in [2.24, 2.45) is 0 Å². The van der Waals surface area contributed by atoms with E-state index in [1.165, 1.54) is 13.2 Å². The van der Waals surface area contributed by atoms with Crippen LogP contribution in [0.1, 0.15) is 12.0 Å². The second-order valence-corrected chi connectivity index (χ2v) is 6.00. The first kappa shape index (κ1) is 15.9. The number of aliphatic hydroxyl groups is 1. The molecule has 0 heterocycles. The third-order valence-electron chi connectivity index (χ3n) is 2.74. The van der Waals surface area contributed by atoms with Crippen LogP contribution in [-0.4, -0.2) is 39.9 Å². The van der Waals surface area contributed by atoms with Gasteiger partial charge < -0.3 is 15.6 Å². The SMILES string of the molecule is COCC(O)CCNS(=O)(=O)c1cccc(N)c1C. The van der Waals surface area contributed by atoms with Gasteiger partial charge in [0.15, 0.2) is 0 Å². The molecule has 0 fully saturated rings. The Morgan fingerprint density at radius 1 is 1.47 bits per heavy atom. The Hall–Kier alpha value is -1.15. The number of benzene rings is 1. The van der Waals surface area contributed by atoms with E-state index in [2.05, 4.69) is 4.72 Å². The van der Waals surface area contributed by atoms with Crippen molar-refractivity contribution in [2.45, 2.75) is 24.3 Å². The molecule has 0 spiro atoms. The smallest absolute Gasteiger partial charge is 0.240 e. The fraction of sp³-hybridized carbons (Fsp3) is 0.500. The van der Waals surface area contributed by atoms with Crippen molar-refractivity contribution in [2.75, 3.05) is 26.0 Å². The summed E-state index contributed by atoms with van der Waals surface area (Å²) < 4.78 is 31.3. The number of ether oxygens (including phenoxy) is 1. The lowest BCUT2D eigenvalue weighted by molar-refractivity contribution is 0.0603. The van der Waals surface area contributed by atoms with Crippen LogP contribution in [0.4, 0.5) is 5.69 Å². The maximum Gasteiger partial charge on any atom is 0.240 e. The quantitative estimate of drug-likeness (QED) is 0.624. The van der Waals surface area contributed by atoms with Gasteiger partial charge in [0.2, 0.25) is 10.0 Å². The molecule has 0 amide bonds. The molecule has 7 heteroatoms. The molecule has 0 aliphatic rings. The van der Waals surface area contributed by atoms with Crippen LogP contribution >= 0.6 is 0 Å². The summed E-state index contributed by atoms with van der Waals surface area (Å²) in [6.45, 7) is 1.98. The molecule has 6 nitrogen and oxygen atoms in total. The fourth-order valence-corrected chi connectivity index (χ4v) is 2.96. The van der Waals surface area contributed by atoms with Crippen LogP contribution < -0.4 is 10.5 Å². The maximum absolute atomic E-state index is 12.1. The van der Waals surface area contributed by atoms with Crippen LogP contribution in [0.15, 0.2) is 23.1 Å². The van der Waals surface area contributed by atoms with Gasteiger partial charge in [-0.1, -0.05) is 6.07 Å². The van der Waals surface area contributed by atoms with Crippen LogP contribution in [0.25, 0.3) is 0 Å². The molecule has 1 aromatic rings. The van der Waals surface area contributed by atoms with E-state index in [0.29, 0.717) is 11.3 Å². The summed E-state index contributed by atoms with van der Waals surface area (Å²) in [6, 6.07) is 4.74. The van der Waals surface area contributed by atoms with Gasteiger partial charge in [-0.2, -0.15) is 0 Å². The molecule has 0 radical (unpaired) electrons. The van der Waals surface area contributed by atoms with Crippen LogP contribution in [0.5, 0.6) is 0 Å². The predicted molar refractivity (Wildman–Crippen MR) is 73.3 cm³/mol. The number of nitrogens with two attached hydrogens (primary N) is 1. The van der Waals surface area contributed by atoms with Crippen molar-refractivity contribution in [1.82, 2.24) is 4.72 Å². The van der Waals surface area contributed by atoms with E-state index < -0.39 is 16.1 Å². The number of hydrogen-bond acceptors (Lipinski definition) is 5. The second-order valence-electron chi connectivity index (χ2n) is 4.27. The summed E-state index contributed by atoms with van der Waals surface area (Å²) in [4.78, 5) is 0.161. The molecule has 0 aliphatic carbocycles. The number of nitrogens with one attached hydrogen (secondary N) is 1. The van der Waals surface area contributed by atoms with E-state index in [9.17, 15) is 13.5 Å². The monoisotopic (exact) mass is 288 g/mol. The third kappa shape index (κ3) is 4.46. The largest absolute Gasteiger partial charge is 0.398 e. The van der Waals surface area contributed by atoms with Gasteiger partial charge >= 0.3 is 0 Å². The van der Waals surface area contributed by atoms with Crippen molar-refractivity contribution in [3.8, 4) is 0 Å². The first-order valence-electron chi connectivity index (χ1n) is 5.90. The number of hydrogen-bond donors (Lipinski definition) is 3. The lowest BCUT2D eigenvalue weighted by atomic mass is 10.2. The molecule has 0 aromatic heterocycles. The molecule has 1 atom stereocenters. The number of nitrogen functional groups attached to an aromatic ring is 1. The zero-order chi connectivity index (χ0) is 14.5. The average molecular weight is 288 g/mol. The molecular formula is C12H20N2O4S. The molecule has 0 saturated heterocycles. The molecule has 4 N–H and O–H groups in total. The molecule has 19 heavy (non-hydrogen) atoms. The minimum Gasteiger partial charge on any atom is -0.398 e. The topological polar surface area (TPSA) is 102 Å². The summed E-state index contributed by atoms with van der Waals surface area (Å²) in [7, 11) is -2.13. The van der Waals surface area contributed by atoms with Crippen LogP contribution in [0.2, 0.25) is 0 Å². The Balaban J connectivity index is 2.69. The van der Waals surface area contributed by atoms with E-state index in [1.54, 1.807) is 19.1 Å². The molecule has 1 aromatic carbocycles. The highest BCUT2D eigenvalue weighted by atomic mass is 32.2. The molecule has 0 bridgehead atoms. The lowest BCUT2D eigenvalue weighted by Crippen LogP contribution is -2.29. The highest BCUT2D eigenvalue weighted by Gasteiger charge is 2.17. The summed E-state index contributed by atoms with van der Waals surface area (Å²) in [5, 5.41) is 9.44. The highest BCUT2D eigenvalue weighted by Crippen LogP contribution is 2.20. The first-order chi connectivity index (χ1) is 8.88. The first-order valence-corrected chi connectivity index (χ1v) is 7.38. The Morgan fingerprint density at radius 3 is 2.79 bits per heavy atom. The standard InChI is InChI=1S/C12H20N2O4S/c1-9-11(13)4-3-5-12(9)19(16,17)14-7-6-10(15)8-18-2/h3-5,10,14-15H,6-8,13H2,1-2H3. The van der Waals surface area contributed by atoms with Gasteiger partial charge in [-0.25, -0.2) is 13.1 Å². The Labute approximate surface area is 113 Å². The minimum atomic E-state index is -3.61. The molecule has 0 aliphatic heterocycles. The van der Waals surface area contributed by atoms with Gasteiger partial charge in [0.1, 0.15) is 0 Å². The van der Waals surface area contributed by atoms with Crippen molar-refractivity contribution in [3.63, 3.8) is 0 Å². The number of methoxy groups -OCH3 is 1. The molecule has 1 unspecified atom stereocenters. The van der Waals surface area contributed by atoms with Crippen molar-refractivity contribution in [1.29, 1.82) is 0 Å². The third-order valence-corrected chi connectivity index (χ3v) is 4.35. The predicted octanol–water partition coefficient (Wildman–Crippen LogP) is 0.253. The minimum absolute atomic E-state index is 0.140. The number of anilines is 1. The Morgan fingerprint density at radius 2 is 2.16 bits per heavy atom. The van der Waals surface area contributed by atoms with Gasteiger partial charge in [-0.15, -0.1) is 0 Å². The summed E-state index contributed by atoms with van der Waals surface area (Å²) in [6.07, 6.45) is -0.399. The van der Waals surface area contributed by atoms with Gasteiger partial charge in [-0.3, -0.25) is 0 Å². The number of aliphatic hydroxyl groups excluding tert-OH is 1. The van der Waals surface area contributed by atoms with E-state index >= 15 is 0 Å². The van der Waals surface area contributed by atoms with Gasteiger partial charge in [0.25, 0.3) is 0 Å². The summed E-state index contributed by atoms with van der Waals surface area (Å²) in [5.41, 5.74) is 6.64. The van der Waals surface area contributed by atoms with Crippen LogP contribution in [0, 0.1) is 6.92 Å². The van der Waals surface area contributed by atoms with Crippen molar-refractivity contribution >= 4 is 15.7 Å². The van der Waals surface area contributed by atoms with Crippen LogP contribution in [-0.2, 0) is 14.8 Å². The second kappa shape index (κ2) is 6.85. The average Bonchev–Trinajstić information content (AvgIpc) is 2.32. The van der Waals surface area contributed by atoms with E-state index in [1.807, 2.05) is 0 Å². The molecule has 0 saturated carbocycles. The molecule has 1 rings (SSSR count). The van der Waals surface area contributed by atoms with E-state index in [4.69, 9.17) is 10.5 Å². The zero-order valence-electron chi connectivity index (χ0n) is 11.1. The molecular weight excluding hydrogens is 268 g/mol. The summed E-state index contributed by atoms with van der Waals surface area (Å²) in [5.74, 6) is 0. The lowest BCUT2D eigenvalue weighted by Gasteiger charge is -2.12. The van der Waals surface area contributed by atoms with E-state index in [-0.39, 0.29) is 24.5 Å². The Kier molecular flexibility index (Phi) is 5.74. The van der Waals surface area contributed by atoms with Gasteiger partial charge in [0.05, 0.1) is 17.6 Å². The maximum atomic E-state index is 12.1. The van der Waals surface area contributed by atoms with E-state index in [0.717, 1.165) is 0 Å². The fourth-order valence-electron chi connectivity index (χ4n) is 1.64. The highest BCUT2D eigenvalue weighted by molar-refractivity contribution is 7.89. The van der Waals surface area contributed by atoms with Crippen molar-refractivity contribution in [3.05, 3.63) is 23.8 Å². The number of sulfonamides is 1. The van der Waals surface area contributed by atoms with Gasteiger partial charge in [-0.05, 0) is 31.0 Å². The Bertz CT molecular complexity index is 516.